The Morgan fingerprint density at radius 2 is 1.79 bits per heavy atom. The number of imidazole rings is 1. The molecule has 1 N–H and O–H groups in total. The molecule has 1 heterocycles. The van der Waals surface area contributed by atoms with Gasteiger partial charge >= 0.3 is 0 Å². The molecule has 0 atom stereocenters. The first kappa shape index (κ1) is 24.4. The Morgan fingerprint density at radius 1 is 1.00 bits per heavy atom. The van der Waals surface area contributed by atoms with Gasteiger partial charge in [-0.3, -0.25) is 4.79 Å². The van der Waals surface area contributed by atoms with Crippen LogP contribution in [0.2, 0.25) is 0 Å². The number of hydrogen-bond donors (Lipinski definition) is 1. The number of nitrogens with one attached hydrogen (secondary N) is 1. The van der Waals surface area contributed by atoms with Crippen LogP contribution in [0.1, 0.15) is 44.9 Å². The van der Waals surface area contributed by atoms with Crippen LogP contribution in [0.5, 0.6) is 11.5 Å². The number of aromatic nitrogens is 2. The van der Waals surface area contributed by atoms with E-state index in [-0.39, 0.29) is 5.91 Å². The summed E-state index contributed by atoms with van der Waals surface area (Å²) in [5.74, 6) is 2.83. The summed E-state index contributed by atoms with van der Waals surface area (Å²) in [6.07, 6.45) is 9.37. The summed E-state index contributed by atoms with van der Waals surface area (Å²) in [6.45, 7) is 4.18. The molecule has 176 valence electrons. The maximum absolute atomic E-state index is 11.5. The Kier molecular flexibility index (Phi) is 9.83. The Labute approximate surface area is 196 Å². The van der Waals surface area contributed by atoms with Crippen LogP contribution in [0.15, 0.2) is 60.7 Å². The number of rotatable bonds is 14. The molecule has 1 amide bonds. The number of unbranched alkanes of at least 4 members (excludes halogenated alkanes) is 3. The number of carbonyl (C=O) groups excluding carboxylic acids is 1. The molecule has 0 bridgehead atoms. The van der Waals surface area contributed by atoms with Gasteiger partial charge in [-0.1, -0.05) is 24.6 Å². The minimum absolute atomic E-state index is 0.0183. The lowest BCUT2D eigenvalue weighted by Crippen LogP contribution is -2.21. The number of amides is 1. The summed E-state index contributed by atoms with van der Waals surface area (Å²) in [5, 5.41) is 2.91. The number of fused-ring (bicyclic) bond motifs is 1. The van der Waals surface area contributed by atoms with Crippen LogP contribution in [0.3, 0.4) is 0 Å². The molecule has 1 aromatic heterocycles. The normalized spacial score (nSPS) is 11.2. The molecule has 0 saturated carbocycles. The standard InChI is InChI=1S/C27H35N3O3/c1-3-11-27(31)28-19-8-4-5-14-26-29-24-12-6-7-13-25(24)30(26)20-9-10-21-33-23-17-15-22(32-2)16-18-23/h3,6-7,11-13,15-18H,4-5,8-10,14,19-21H2,1-2H3,(H,28,31)/b11-3+. The number of allylic oxidation sites excluding steroid dienone is 1. The zero-order valence-electron chi connectivity index (χ0n) is 19.8. The molecular weight excluding hydrogens is 414 g/mol. The molecule has 6 nitrogen and oxygen atoms in total. The second-order valence-corrected chi connectivity index (χ2v) is 8.00. The second-order valence-electron chi connectivity index (χ2n) is 8.00. The fraction of sp³-hybridized carbons (Fsp3) is 0.407. The maximum Gasteiger partial charge on any atom is 0.243 e. The van der Waals surface area contributed by atoms with Gasteiger partial charge in [0.2, 0.25) is 5.91 Å². The van der Waals surface area contributed by atoms with Crippen LogP contribution in [-0.4, -0.2) is 35.7 Å². The van der Waals surface area contributed by atoms with Gasteiger partial charge in [0.25, 0.3) is 0 Å². The van der Waals surface area contributed by atoms with Crippen molar-refractivity contribution in [3.63, 3.8) is 0 Å². The van der Waals surface area contributed by atoms with E-state index >= 15 is 0 Å². The van der Waals surface area contributed by atoms with E-state index in [1.165, 1.54) is 5.52 Å². The predicted octanol–water partition coefficient (Wildman–Crippen LogP) is 5.31. The monoisotopic (exact) mass is 449 g/mol. The van der Waals surface area contributed by atoms with Crippen LogP contribution < -0.4 is 14.8 Å². The summed E-state index contributed by atoms with van der Waals surface area (Å²) in [7, 11) is 1.66. The van der Waals surface area contributed by atoms with Gasteiger partial charge < -0.3 is 19.4 Å². The highest BCUT2D eigenvalue weighted by Gasteiger charge is 2.10. The van der Waals surface area contributed by atoms with E-state index in [0.717, 1.165) is 67.9 Å². The first-order valence-corrected chi connectivity index (χ1v) is 11.8. The fourth-order valence-electron chi connectivity index (χ4n) is 3.81. The molecule has 0 aliphatic carbocycles. The van der Waals surface area contributed by atoms with Gasteiger partial charge in [-0.2, -0.15) is 0 Å². The molecule has 0 saturated heterocycles. The van der Waals surface area contributed by atoms with Crippen molar-refractivity contribution in [1.29, 1.82) is 0 Å². The van der Waals surface area contributed by atoms with Crippen molar-refractivity contribution in [1.82, 2.24) is 14.9 Å². The van der Waals surface area contributed by atoms with E-state index in [2.05, 4.69) is 28.1 Å². The van der Waals surface area contributed by atoms with E-state index in [1.54, 1.807) is 19.3 Å². The minimum atomic E-state index is -0.0183. The summed E-state index contributed by atoms with van der Waals surface area (Å²) in [5.41, 5.74) is 2.25. The maximum atomic E-state index is 11.5. The number of carbonyl (C=O) groups is 1. The molecule has 0 aliphatic heterocycles. The summed E-state index contributed by atoms with van der Waals surface area (Å²) in [4.78, 5) is 16.4. The highest BCUT2D eigenvalue weighted by atomic mass is 16.5. The number of hydrogen-bond acceptors (Lipinski definition) is 4. The van der Waals surface area contributed by atoms with Gasteiger partial charge in [0.15, 0.2) is 0 Å². The highest BCUT2D eigenvalue weighted by molar-refractivity contribution is 5.87. The molecule has 0 radical (unpaired) electrons. The molecular formula is C27H35N3O3. The van der Waals surface area contributed by atoms with Gasteiger partial charge in [0.1, 0.15) is 17.3 Å². The zero-order chi connectivity index (χ0) is 23.3. The van der Waals surface area contributed by atoms with Gasteiger partial charge in [-0.25, -0.2) is 4.98 Å². The van der Waals surface area contributed by atoms with Crippen LogP contribution in [0.4, 0.5) is 0 Å². The van der Waals surface area contributed by atoms with Gasteiger partial charge in [0.05, 0.1) is 24.8 Å². The quantitative estimate of drug-likeness (QED) is 0.268. The number of benzene rings is 2. The van der Waals surface area contributed by atoms with Crippen molar-refractivity contribution >= 4 is 16.9 Å². The topological polar surface area (TPSA) is 65.4 Å². The first-order chi connectivity index (χ1) is 16.2. The lowest BCUT2D eigenvalue weighted by molar-refractivity contribution is -0.116. The molecule has 3 aromatic rings. The molecule has 33 heavy (non-hydrogen) atoms. The summed E-state index contributed by atoms with van der Waals surface area (Å²) >= 11 is 0. The van der Waals surface area contributed by atoms with Crippen molar-refractivity contribution in [3.8, 4) is 11.5 Å². The summed E-state index contributed by atoms with van der Waals surface area (Å²) in [6, 6.07) is 16.0. The van der Waals surface area contributed by atoms with Crippen molar-refractivity contribution < 1.29 is 14.3 Å². The van der Waals surface area contributed by atoms with Crippen LogP contribution in [0, 0.1) is 0 Å². The Bertz CT molecular complexity index is 1020. The SMILES string of the molecule is C/C=C/C(=O)NCCCCCc1nc2ccccc2n1CCCCOc1ccc(OC)cc1. The average molecular weight is 450 g/mol. The third kappa shape index (κ3) is 7.67. The molecule has 3 rings (SSSR count). The molecule has 6 heteroatoms. The van der Waals surface area contributed by atoms with Gasteiger partial charge in [-0.05, 0) is 75.1 Å². The van der Waals surface area contributed by atoms with Gasteiger partial charge in [-0.15, -0.1) is 0 Å². The number of nitrogens with zero attached hydrogens (tertiary/aromatic N) is 2. The van der Waals surface area contributed by atoms with Crippen molar-refractivity contribution in [2.24, 2.45) is 0 Å². The third-order valence-electron chi connectivity index (χ3n) is 5.53. The van der Waals surface area contributed by atoms with E-state index in [1.807, 2.05) is 37.3 Å². The number of methoxy groups -OCH3 is 1. The first-order valence-electron chi connectivity index (χ1n) is 11.8. The number of aryl methyl sites for hydroxylation is 2. The Morgan fingerprint density at radius 3 is 2.58 bits per heavy atom. The lowest BCUT2D eigenvalue weighted by atomic mass is 10.2. The molecule has 0 aliphatic rings. The van der Waals surface area contributed by atoms with Crippen molar-refractivity contribution in [2.75, 3.05) is 20.3 Å². The zero-order valence-corrected chi connectivity index (χ0v) is 19.8. The smallest absolute Gasteiger partial charge is 0.243 e. The van der Waals surface area contributed by atoms with E-state index in [4.69, 9.17) is 14.5 Å². The number of ether oxygens (including phenoxy) is 2. The van der Waals surface area contributed by atoms with Gasteiger partial charge in [0, 0.05) is 19.5 Å². The van der Waals surface area contributed by atoms with Crippen molar-refractivity contribution in [3.05, 3.63) is 66.5 Å². The molecule has 0 unspecified atom stereocenters. The predicted molar refractivity (Wildman–Crippen MR) is 133 cm³/mol. The number of para-hydroxylation sites is 2. The molecule has 0 fully saturated rings. The van der Waals surface area contributed by atoms with Crippen LogP contribution in [0.25, 0.3) is 11.0 Å². The van der Waals surface area contributed by atoms with E-state index in [0.29, 0.717) is 13.2 Å². The highest BCUT2D eigenvalue weighted by Crippen LogP contribution is 2.20. The van der Waals surface area contributed by atoms with Crippen molar-refractivity contribution in [2.45, 2.75) is 52.0 Å². The van der Waals surface area contributed by atoms with Crippen LogP contribution in [-0.2, 0) is 17.8 Å². The Hall–Kier alpha value is -3.28. The van der Waals surface area contributed by atoms with Crippen LogP contribution >= 0.6 is 0 Å². The Balaban J connectivity index is 1.45. The lowest BCUT2D eigenvalue weighted by Gasteiger charge is -2.10. The third-order valence-corrected chi connectivity index (χ3v) is 5.53. The summed E-state index contributed by atoms with van der Waals surface area (Å²) < 4.78 is 13.4. The van der Waals surface area contributed by atoms with E-state index in [9.17, 15) is 4.79 Å². The average Bonchev–Trinajstić information content (AvgIpc) is 3.19. The second kappa shape index (κ2) is 13.3. The minimum Gasteiger partial charge on any atom is -0.497 e. The largest absolute Gasteiger partial charge is 0.497 e. The molecule has 2 aromatic carbocycles. The fourth-order valence-corrected chi connectivity index (χ4v) is 3.81. The van der Waals surface area contributed by atoms with E-state index < -0.39 is 0 Å². The molecule has 0 spiro atoms.